The van der Waals surface area contributed by atoms with Crippen LogP contribution in [0.3, 0.4) is 0 Å². The lowest BCUT2D eigenvalue weighted by Gasteiger charge is -2.37. The van der Waals surface area contributed by atoms with E-state index in [4.69, 9.17) is 9.47 Å². The molecule has 1 rings (SSSR count). The minimum atomic E-state index is -0.271. The van der Waals surface area contributed by atoms with Crippen LogP contribution in [-0.2, 0) is 9.47 Å². The fourth-order valence-electron chi connectivity index (χ4n) is 5.14. The van der Waals surface area contributed by atoms with E-state index in [-0.39, 0.29) is 18.5 Å². The number of hydrogen-bond donors (Lipinski definition) is 1. The van der Waals surface area contributed by atoms with E-state index < -0.39 is 0 Å². The molecule has 3 heteroatoms. The van der Waals surface area contributed by atoms with Crippen molar-refractivity contribution in [3.8, 4) is 0 Å². The van der Waals surface area contributed by atoms with Crippen LogP contribution in [0.15, 0.2) is 0 Å². The molecule has 0 amide bonds. The van der Waals surface area contributed by atoms with Gasteiger partial charge in [0.15, 0.2) is 6.29 Å². The maximum absolute atomic E-state index is 9.65. The molecule has 1 N–H and O–H groups in total. The molecule has 1 saturated heterocycles. The van der Waals surface area contributed by atoms with Gasteiger partial charge in [-0.3, -0.25) is 0 Å². The van der Waals surface area contributed by atoms with Crippen molar-refractivity contribution in [3.05, 3.63) is 0 Å². The van der Waals surface area contributed by atoms with Crippen LogP contribution in [0.1, 0.15) is 156 Å². The molecule has 4 atom stereocenters. The lowest BCUT2D eigenvalue weighted by molar-refractivity contribution is -0.242. The fourth-order valence-corrected chi connectivity index (χ4v) is 5.14. The number of ether oxygens (including phenoxy) is 2. The molecule has 0 spiro atoms. The van der Waals surface area contributed by atoms with Gasteiger partial charge in [-0.05, 0) is 32.6 Å². The summed E-state index contributed by atoms with van der Waals surface area (Å²) in [5.41, 5.74) is 0. The van der Waals surface area contributed by atoms with Crippen molar-refractivity contribution >= 4 is 0 Å². The van der Waals surface area contributed by atoms with Gasteiger partial charge in [-0.1, -0.05) is 123 Å². The smallest absolute Gasteiger partial charge is 0.157 e. The zero-order valence-electron chi connectivity index (χ0n) is 22.1. The average Bonchev–Trinajstić information content (AvgIpc) is 2.78. The quantitative estimate of drug-likeness (QED) is 0.166. The van der Waals surface area contributed by atoms with Crippen LogP contribution >= 0.6 is 0 Å². The van der Waals surface area contributed by atoms with E-state index in [2.05, 4.69) is 13.8 Å². The standard InChI is InChI=1S/C29H58O3/c1-4-6-7-8-9-10-11-12-13-14-15-16-17-18-19-20-21-22-23-29-31-25-27(24-26(3)30)28(5-2)32-29/h26-30H,4-25H2,1-3H3. The maximum atomic E-state index is 9.65. The van der Waals surface area contributed by atoms with Gasteiger partial charge in [-0.25, -0.2) is 0 Å². The van der Waals surface area contributed by atoms with E-state index in [1.807, 2.05) is 6.92 Å². The second kappa shape index (κ2) is 21.4. The summed E-state index contributed by atoms with van der Waals surface area (Å²) in [6, 6.07) is 0. The van der Waals surface area contributed by atoms with Gasteiger partial charge in [0.05, 0.1) is 18.8 Å². The first-order valence-electron chi connectivity index (χ1n) is 14.6. The van der Waals surface area contributed by atoms with Crippen molar-refractivity contribution in [2.75, 3.05) is 6.61 Å². The number of hydrogen-bond acceptors (Lipinski definition) is 3. The SMILES string of the molecule is CCCCCCCCCCCCCCCCCCCCC1OCC(CC(C)O)C(CC)O1. The fraction of sp³-hybridized carbons (Fsp3) is 1.00. The Morgan fingerprint density at radius 1 is 0.688 bits per heavy atom. The van der Waals surface area contributed by atoms with Gasteiger partial charge in [0.1, 0.15) is 0 Å². The topological polar surface area (TPSA) is 38.7 Å². The summed E-state index contributed by atoms with van der Waals surface area (Å²) in [6.45, 7) is 7.07. The highest BCUT2D eigenvalue weighted by Gasteiger charge is 2.31. The van der Waals surface area contributed by atoms with E-state index >= 15 is 0 Å². The summed E-state index contributed by atoms with van der Waals surface area (Å²) < 4.78 is 12.1. The van der Waals surface area contributed by atoms with E-state index in [1.54, 1.807) is 0 Å². The first-order valence-corrected chi connectivity index (χ1v) is 14.6. The van der Waals surface area contributed by atoms with Gasteiger partial charge < -0.3 is 14.6 Å². The van der Waals surface area contributed by atoms with Crippen LogP contribution in [0.4, 0.5) is 0 Å². The van der Waals surface area contributed by atoms with Gasteiger partial charge in [-0.2, -0.15) is 0 Å². The summed E-state index contributed by atoms with van der Waals surface area (Å²) >= 11 is 0. The van der Waals surface area contributed by atoms with Gasteiger partial charge >= 0.3 is 0 Å². The highest BCUT2D eigenvalue weighted by atomic mass is 16.7. The number of rotatable bonds is 22. The molecule has 0 aliphatic carbocycles. The Morgan fingerprint density at radius 3 is 1.53 bits per heavy atom. The summed E-state index contributed by atoms with van der Waals surface area (Å²) in [7, 11) is 0. The van der Waals surface area contributed by atoms with Crippen molar-refractivity contribution < 1.29 is 14.6 Å². The van der Waals surface area contributed by atoms with Crippen molar-refractivity contribution in [1.82, 2.24) is 0 Å². The number of aliphatic hydroxyl groups is 1. The summed E-state index contributed by atoms with van der Waals surface area (Å²) in [4.78, 5) is 0. The molecular formula is C29H58O3. The molecular weight excluding hydrogens is 396 g/mol. The molecule has 0 radical (unpaired) electrons. The molecule has 1 fully saturated rings. The Balaban J connectivity index is 1.81. The Morgan fingerprint density at radius 2 is 1.12 bits per heavy atom. The Bertz CT molecular complexity index is 385. The Kier molecular flexibility index (Phi) is 20.0. The third kappa shape index (κ3) is 16.5. The highest BCUT2D eigenvalue weighted by molar-refractivity contribution is 4.75. The van der Waals surface area contributed by atoms with Gasteiger partial charge in [0.2, 0.25) is 0 Å². The monoisotopic (exact) mass is 454 g/mol. The Labute approximate surface area is 201 Å². The predicted octanol–water partition coefficient (Wildman–Crippen LogP) is 8.96. The maximum Gasteiger partial charge on any atom is 0.157 e. The van der Waals surface area contributed by atoms with Gasteiger partial charge in [0, 0.05) is 5.92 Å². The van der Waals surface area contributed by atoms with E-state index in [0.717, 1.165) is 25.9 Å². The second-order valence-corrected chi connectivity index (χ2v) is 10.5. The van der Waals surface area contributed by atoms with Crippen molar-refractivity contribution in [2.45, 2.75) is 174 Å². The van der Waals surface area contributed by atoms with Crippen LogP contribution in [-0.4, -0.2) is 30.2 Å². The summed E-state index contributed by atoms with van der Waals surface area (Å²) in [5, 5.41) is 9.65. The predicted molar refractivity (Wildman–Crippen MR) is 138 cm³/mol. The molecule has 0 bridgehead atoms. The van der Waals surface area contributed by atoms with E-state index in [0.29, 0.717) is 5.92 Å². The summed E-state index contributed by atoms with van der Waals surface area (Å²) in [5.74, 6) is 0.344. The van der Waals surface area contributed by atoms with Crippen LogP contribution in [0.2, 0.25) is 0 Å². The molecule has 4 unspecified atom stereocenters. The zero-order chi connectivity index (χ0) is 23.3. The molecule has 192 valence electrons. The highest BCUT2D eigenvalue weighted by Crippen LogP contribution is 2.27. The second-order valence-electron chi connectivity index (χ2n) is 10.5. The van der Waals surface area contributed by atoms with Crippen molar-refractivity contribution in [2.24, 2.45) is 5.92 Å². The largest absolute Gasteiger partial charge is 0.393 e. The molecule has 0 saturated carbocycles. The molecule has 0 aromatic heterocycles. The molecule has 1 aliphatic heterocycles. The normalized spacial score (nSPS) is 22.3. The molecule has 32 heavy (non-hydrogen) atoms. The first-order chi connectivity index (χ1) is 15.7. The first kappa shape index (κ1) is 29.9. The van der Waals surface area contributed by atoms with E-state index in [9.17, 15) is 5.11 Å². The lowest BCUT2D eigenvalue weighted by Crippen LogP contribution is -2.40. The minimum absolute atomic E-state index is 0.0220. The van der Waals surface area contributed by atoms with Crippen molar-refractivity contribution in [1.29, 1.82) is 0 Å². The molecule has 1 heterocycles. The van der Waals surface area contributed by atoms with Crippen LogP contribution in [0.5, 0.6) is 0 Å². The zero-order valence-corrected chi connectivity index (χ0v) is 22.1. The van der Waals surface area contributed by atoms with Crippen LogP contribution < -0.4 is 0 Å². The minimum Gasteiger partial charge on any atom is -0.393 e. The number of unbranched alkanes of at least 4 members (excludes halogenated alkanes) is 17. The third-order valence-corrected chi connectivity index (χ3v) is 7.19. The van der Waals surface area contributed by atoms with Crippen molar-refractivity contribution in [3.63, 3.8) is 0 Å². The van der Waals surface area contributed by atoms with Gasteiger partial charge in [-0.15, -0.1) is 0 Å². The molecule has 0 aromatic carbocycles. The Hall–Kier alpha value is -0.120. The summed E-state index contributed by atoms with van der Waals surface area (Å²) in [6.07, 6.45) is 28.2. The number of aliphatic hydroxyl groups excluding tert-OH is 1. The van der Waals surface area contributed by atoms with Gasteiger partial charge in [0.25, 0.3) is 0 Å². The third-order valence-electron chi connectivity index (χ3n) is 7.19. The van der Waals surface area contributed by atoms with E-state index in [1.165, 1.54) is 116 Å². The molecule has 3 nitrogen and oxygen atoms in total. The average molecular weight is 455 g/mol. The molecule has 0 aromatic rings. The van der Waals surface area contributed by atoms with Crippen LogP contribution in [0, 0.1) is 5.92 Å². The molecule has 1 aliphatic rings. The van der Waals surface area contributed by atoms with Crippen LogP contribution in [0.25, 0.3) is 0 Å². The lowest BCUT2D eigenvalue weighted by atomic mass is 9.94.